The average molecular weight is 348 g/mol. The fraction of sp³-hybridized carbons (Fsp3) is 0.579. The normalized spacial score (nSPS) is 23.2. The number of amides is 2. The lowest BCUT2D eigenvalue weighted by Gasteiger charge is -2.36. The van der Waals surface area contributed by atoms with E-state index in [1.54, 1.807) is 13.2 Å². The molecule has 1 aliphatic heterocycles. The van der Waals surface area contributed by atoms with Crippen LogP contribution in [0.2, 0.25) is 0 Å². The number of piperidine rings is 1. The van der Waals surface area contributed by atoms with Gasteiger partial charge in [0.25, 0.3) is 5.91 Å². The van der Waals surface area contributed by atoms with E-state index in [0.717, 1.165) is 18.4 Å². The average Bonchev–Trinajstić information content (AvgIpc) is 3.44. The first kappa shape index (κ1) is 17.7. The van der Waals surface area contributed by atoms with Gasteiger partial charge in [0, 0.05) is 13.1 Å². The summed E-state index contributed by atoms with van der Waals surface area (Å²) in [5, 5.41) is 2.71. The maximum Gasteiger partial charge on any atom is 0.259 e. The number of carbonyl (C=O) groups is 2. The largest absolute Gasteiger partial charge is 0.497 e. The van der Waals surface area contributed by atoms with Gasteiger partial charge < -0.3 is 15.0 Å². The van der Waals surface area contributed by atoms with Gasteiger partial charge in [0.1, 0.15) is 5.75 Å². The van der Waals surface area contributed by atoms with Crippen LogP contribution in [0.4, 0.5) is 4.39 Å². The molecule has 1 aromatic rings. The second kappa shape index (κ2) is 7.42. The van der Waals surface area contributed by atoms with Crippen molar-refractivity contribution < 1.29 is 18.7 Å². The van der Waals surface area contributed by atoms with E-state index in [2.05, 4.69) is 5.32 Å². The molecule has 0 aromatic heterocycles. The first-order valence-electron chi connectivity index (χ1n) is 8.88. The Morgan fingerprint density at radius 3 is 2.92 bits per heavy atom. The van der Waals surface area contributed by atoms with Crippen LogP contribution in [-0.4, -0.2) is 49.1 Å². The molecule has 1 aliphatic carbocycles. The topological polar surface area (TPSA) is 58.6 Å². The number of benzene rings is 1. The van der Waals surface area contributed by atoms with Crippen molar-refractivity contribution in [2.24, 2.45) is 5.92 Å². The van der Waals surface area contributed by atoms with Gasteiger partial charge in [-0.05, 0) is 49.3 Å². The van der Waals surface area contributed by atoms with E-state index in [1.807, 2.05) is 18.2 Å². The molecule has 1 saturated heterocycles. The van der Waals surface area contributed by atoms with Gasteiger partial charge in [0.15, 0.2) is 0 Å². The van der Waals surface area contributed by atoms with Crippen LogP contribution in [-0.2, 0) is 16.0 Å². The smallest absolute Gasteiger partial charge is 0.259 e. The number of alkyl halides is 1. The monoisotopic (exact) mass is 348 g/mol. The van der Waals surface area contributed by atoms with Crippen molar-refractivity contribution in [3.63, 3.8) is 0 Å². The van der Waals surface area contributed by atoms with E-state index < -0.39 is 11.6 Å². The fourth-order valence-electron chi connectivity index (χ4n) is 3.20. The van der Waals surface area contributed by atoms with Crippen molar-refractivity contribution in [3.05, 3.63) is 29.8 Å². The highest BCUT2D eigenvalue weighted by molar-refractivity contribution is 5.87. The van der Waals surface area contributed by atoms with Gasteiger partial charge >= 0.3 is 0 Å². The molecule has 1 unspecified atom stereocenters. The molecule has 1 saturated carbocycles. The summed E-state index contributed by atoms with van der Waals surface area (Å²) in [4.78, 5) is 26.2. The highest BCUT2D eigenvalue weighted by Gasteiger charge is 2.44. The summed E-state index contributed by atoms with van der Waals surface area (Å²) in [6.07, 6.45) is 3.05. The van der Waals surface area contributed by atoms with Crippen LogP contribution >= 0.6 is 0 Å². The van der Waals surface area contributed by atoms with Crippen molar-refractivity contribution in [1.82, 2.24) is 10.2 Å². The molecule has 136 valence electrons. The van der Waals surface area contributed by atoms with Gasteiger partial charge in [-0.15, -0.1) is 0 Å². The van der Waals surface area contributed by atoms with E-state index in [4.69, 9.17) is 4.74 Å². The zero-order chi connectivity index (χ0) is 17.9. The van der Waals surface area contributed by atoms with Crippen molar-refractivity contribution in [2.45, 2.75) is 37.8 Å². The molecular formula is C19H25FN2O3. The number of halogens is 1. The van der Waals surface area contributed by atoms with E-state index in [9.17, 15) is 9.59 Å². The van der Waals surface area contributed by atoms with Crippen LogP contribution in [0.1, 0.15) is 31.2 Å². The minimum atomic E-state index is -1.98. The molecule has 1 heterocycles. The summed E-state index contributed by atoms with van der Waals surface area (Å²) < 4.78 is 20.2. The summed E-state index contributed by atoms with van der Waals surface area (Å²) in [5.41, 5.74) is -1.16. The third-order valence-corrected chi connectivity index (χ3v) is 4.94. The van der Waals surface area contributed by atoms with Gasteiger partial charge in [-0.1, -0.05) is 12.1 Å². The molecule has 25 heavy (non-hydrogen) atoms. The molecule has 6 heteroatoms. The number of hydrogen-bond acceptors (Lipinski definition) is 3. The predicted molar refractivity (Wildman–Crippen MR) is 92.1 cm³/mol. The Hall–Kier alpha value is -2.11. The first-order valence-corrected chi connectivity index (χ1v) is 8.88. The SMILES string of the molecule is COc1cccc(CC(=O)N2CCCC(F)(C(=O)NCC3CC3)C2)c1. The van der Waals surface area contributed by atoms with E-state index >= 15 is 4.39 Å². The lowest BCUT2D eigenvalue weighted by molar-refractivity contribution is -0.143. The molecule has 1 atom stereocenters. The maximum atomic E-state index is 15.1. The number of rotatable bonds is 6. The maximum absolute atomic E-state index is 15.1. The Kier molecular flexibility index (Phi) is 5.25. The van der Waals surface area contributed by atoms with Crippen molar-refractivity contribution in [3.8, 4) is 5.75 Å². The van der Waals surface area contributed by atoms with Crippen molar-refractivity contribution in [1.29, 1.82) is 0 Å². The molecule has 2 aliphatic rings. The molecule has 1 aromatic carbocycles. The molecule has 1 N–H and O–H groups in total. The number of likely N-dealkylation sites (tertiary alicyclic amines) is 1. The van der Waals surface area contributed by atoms with E-state index in [-0.39, 0.29) is 25.3 Å². The minimum absolute atomic E-state index is 0.160. The number of ether oxygens (including phenoxy) is 1. The van der Waals surface area contributed by atoms with E-state index in [1.165, 1.54) is 4.90 Å². The number of hydrogen-bond donors (Lipinski definition) is 1. The number of nitrogens with one attached hydrogen (secondary N) is 1. The molecule has 5 nitrogen and oxygen atoms in total. The third-order valence-electron chi connectivity index (χ3n) is 4.94. The molecule has 0 radical (unpaired) electrons. The fourth-order valence-corrected chi connectivity index (χ4v) is 3.20. The van der Waals surface area contributed by atoms with Crippen molar-refractivity contribution in [2.75, 3.05) is 26.7 Å². The Balaban J connectivity index is 1.59. The Bertz CT molecular complexity index is 647. The molecular weight excluding hydrogens is 323 g/mol. The lowest BCUT2D eigenvalue weighted by atomic mass is 9.93. The Morgan fingerprint density at radius 2 is 2.20 bits per heavy atom. The zero-order valence-electron chi connectivity index (χ0n) is 14.6. The third kappa shape index (κ3) is 4.50. The Labute approximate surface area is 147 Å². The Morgan fingerprint density at radius 1 is 1.40 bits per heavy atom. The molecule has 2 amide bonds. The van der Waals surface area contributed by atoms with Crippen molar-refractivity contribution >= 4 is 11.8 Å². The standard InChI is InChI=1S/C19H25FN2O3/c1-25-16-5-2-4-15(10-16)11-17(23)22-9-3-8-19(20,13-22)18(24)21-12-14-6-7-14/h2,4-5,10,14H,3,6-9,11-13H2,1H3,(H,21,24). The number of carbonyl (C=O) groups excluding carboxylic acids is 2. The van der Waals surface area contributed by atoms with Gasteiger partial charge in [-0.25, -0.2) is 4.39 Å². The summed E-state index contributed by atoms with van der Waals surface area (Å²) in [7, 11) is 1.57. The van der Waals surface area contributed by atoms with Crippen LogP contribution in [0.25, 0.3) is 0 Å². The molecule has 2 fully saturated rings. The van der Waals surface area contributed by atoms with E-state index in [0.29, 0.717) is 31.2 Å². The second-order valence-electron chi connectivity index (χ2n) is 7.07. The minimum Gasteiger partial charge on any atom is -0.497 e. The lowest BCUT2D eigenvalue weighted by Crippen LogP contribution is -2.56. The zero-order valence-corrected chi connectivity index (χ0v) is 14.6. The summed E-state index contributed by atoms with van der Waals surface area (Å²) in [6, 6.07) is 7.27. The second-order valence-corrected chi connectivity index (χ2v) is 7.07. The van der Waals surface area contributed by atoms with Crippen LogP contribution in [0.3, 0.4) is 0 Å². The summed E-state index contributed by atoms with van der Waals surface area (Å²) >= 11 is 0. The van der Waals surface area contributed by atoms with Crippen LogP contribution in [0.15, 0.2) is 24.3 Å². The number of nitrogens with zero attached hydrogens (tertiary/aromatic N) is 1. The first-order chi connectivity index (χ1) is 12.0. The molecule has 0 spiro atoms. The summed E-state index contributed by atoms with van der Waals surface area (Å²) in [5.74, 6) is 0.452. The van der Waals surface area contributed by atoms with Gasteiger partial charge in [0.2, 0.25) is 11.6 Å². The van der Waals surface area contributed by atoms with Crippen LogP contribution in [0.5, 0.6) is 5.75 Å². The van der Waals surface area contributed by atoms with Gasteiger partial charge in [-0.3, -0.25) is 9.59 Å². The quantitative estimate of drug-likeness (QED) is 0.856. The molecule has 0 bridgehead atoms. The van der Waals surface area contributed by atoms with Gasteiger partial charge in [0.05, 0.1) is 20.1 Å². The molecule has 3 rings (SSSR count). The highest BCUT2D eigenvalue weighted by atomic mass is 19.1. The number of methoxy groups -OCH3 is 1. The van der Waals surface area contributed by atoms with Gasteiger partial charge in [-0.2, -0.15) is 0 Å². The summed E-state index contributed by atoms with van der Waals surface area (Å²) in [6.45, 7) is 0.874. The van der Waals surface area contributed by atoms with Crippen LogP contribution in [0, 0.1) is 5.92 Å². The predicted octanol–water partition coefficient (Wildman–Crippen LogP) is 2.09. The highest BCUT2D eigenvalue weighted by Crippen LogP contribution is 2.29. The van der Waals surface area contributed by atoms with Crippen LogP contribution < -0.4 is 10.1 Å².